The van der Waals surface area contributed by atoms with Crippen LogP contribution in [-0.2, 0) is 28.1 Å². The Kier molecular flexibility index (Phi) is 10.3. The van der Waals surface area contributed by atoms with Crippen LogP contribution in [0.15, 0.2) is 140 Å². The first-order valence-corrected chi connectivity index (χ1v) is 30.6. The van der Waals surface area contributed by atoms with E-state index in [9.17, 15) is 0 Å². The number of aryl methyl sites for hydroxylation is 2. The second-order valence-electron chi connectivity index (χ2n) is 29.0. The van der Waals surface area contributed by atoms with E-state index in [1.54, 1.807) is 0 Å². The van der Waals surface area contributed by atoms with E-state index in [4.69, 9.17) is 26.5 Å². The van der Waals surface area contributed by atoms with Crippen molar-refractivity contribution in [3.63, 3.8) is 0 Å². The zero-order chi connectivity index (χ0) is 58.2. The van der Waals surface area contributed by atoms with Crippen molar-refractivity contribution in [2.75, 3.05) is 19.6 Å². The molecule has 8 nitrogen and oxygen atoms in total. The van der Waals surface area contributed by atoms with Crippen molar-refractivity contribution >= 4 is 51.6 Å². The lowest BCUT2D eigenvalue weighted by atomic mass is 9.48. The molecule has 7 aliphatic rings. The number of rotatable bonds is 5. The average Bonchev–Trinajstić information content (AvgIpc) is 1.65. The molecule has 0 spiro atoms. The van der Waals surface area contributed by atoms with E-state index in [1.165, 1.54) is 55.8 Å². The normalized spacial score (nSPS) is 24.8. The van der Waals surface area contributed by atoms with Gasteiger partial charge in [0.1, 0.15) is 12.3 Å². The number of aromatic nitrogens is 4. The number of anilines is 8. The number of para-hydroxylation sites is 2. The van der Waals surface area contributed by atoms with Gasteiger partial charge >= 0.3 is 0 Å². The predicted molar refractivity (Wildman–Crippen MR) is 343 cm³/mol. The largest absolute Gasteiger partial charge is 0.301 e. The molecular weight excluding hydrogens is 1010 g/mol. The molecule has 0 saturated heterocycles. The van der Waals surface area contributed by atoms with Gasteiger partial charge in [0.2, 0.25) is 0 Å². The summed E-state index contributed by atoms with van der Waals surface area (Å²) in [5.41, 5.74) is 19.4. The Morgan fingerprint density at radius 3 is 1.34 bits per heavy atom. The van der Waals surface area contributed by atoms with Crippen LogP contribution in [0, 0.1) is 35.5 Å². The summed E-state index contributed by atoms with van der Waals surface area (Å²) in [5, 5.41) is 0. The van der Waals surface area contributed by atoms with E-state index in [1.807, 2.05) is 0 Å². The van der Waals surface area contributed by atoms with Gasteiger partial charge in [0.15, 0.2) is 23.3 Å². The molecule has 4 unspecified atom stereocenters. The van der Waals surface area contributed by atoms with E-state index in [0.717, 1.165) is 93.5 Å². The number of benzene rings is 6. The van der Waals surface area contributed by atoms with E-state index in [0.29, 0.717) is 0 Å². The van der Waals surface area contributed by atoms with Crippen LogP contribution in [0.5, 0.6) is 0 Å². The minimum absolute atomic E-state index is 0.146. The van der Waals surface area contributed by atoms with Crippen LogP contribution in [0.1, 0.15) is 155 Å². The Balaban J connectivity index is 1.12. The van der Waals surface area contributed by atoms with Crippen LogP contribution >= 0.6 is 0 Å². The van der Waals surface area contributed by atoms with Gasteiger partial charge in [0.05, 0.1) is 28.5 Å². The van der Waals surface area contributed by atoms with Crippen molar-refractivity contribution < 1.29 is 0 Å². The topological polar surface area (TPSA) is 64.5 Å². The highest BCUT2D eigenvalue weighted by molar-refractivity contribution is 6.01. The van der Waals surface area contributed by atoms with Gasteiger partial charge in [-0.3, -0.25) is 0 Å². The van der Waals surface area contributed by atoms with Crippen LogP contribution in [-0.4, -0.2) is 32.3 Å². The van der Waals surface area contributed by atoms with Gasteiger partial charge in [0, 0.05) is 55.1 Å². The minimum atomic E-state index is -0.738. The third-order valence-corrected chi connectivity index (χ3v) is 24.5. The third-order valence-electron chi connectivity index (χ3n) is 24.5. The quantitative estimate of drug-likeness (QED) is 0.169. The fourth-order valence-corrected chi connectivity index (χ4v) is 17.7. The van der Waals surface area contributed by atoms with E-state index < -0.39 is 10.8 Å². The molecule has 2 aromatic heterocycles. The molecule has 0 amide bonds. The highest BCUT2D eigenvalue weighted by Crippen LogP contribution is 2.74. The zero-order valence-electron chi connectivity index (χ0n) is 51.8. The first kappa shape index (κ1) is 52.2. The number of fused-ring (bicyclic) bond motifs is 21. The van der Waals surface area contributed by atoms with Gasteiger partial charge in [0.25, 0.3) is 0 Å². The summed E-state index contributed by atoms with van der Waals surface area (Å²) in [4.78, 5) is 35.1. The fraction of sp³-hybridized carbons (Fsp3) is 0.387. The summed E-state index contributed by atoms with van der Waals surface area (Å²) in [6.45, 7) is 43.8. The van der Waals surface area contributed by atoms with Gasteiger partial charge in [-0.1, -0.05) is 200 Å². The smallest absolute Gasteiger partial charge is 0.179 e. The summed E-state index contributed by atoms with van der Waals surface area (Å²) < 4.78 is 0. The lowest BCUT2D eigenvalue weighted by Gasteiger charge is -2.65. The van der Waals surface area contributed by atoms with Gasteiger partial charge in [-0.25, -0.2) is 19.9 Å². The molecule has 4 atom stereocenters. The molecule has 0 saturated carbocycles. The molecule has 15 rings (SSSR count). The minimum Gasteiger partial charge on any atom is -0.301 e. The fourth-order valence-electron chi connectivity index (χ4n) is 17.7. The maximum atomic E-state index is 6.14. The van der Waals surface area contributed by atoms with Crippen LogP contribution in [0.4, 0.5) is 46.0 Å². The molecule has 0 N–H and O–H groups in total. The molecule has 420 valence electrons. The van der Waals surface area contributed by atoms with Gasteiger partial charge in [-0.15, -0.1) is 0 Å². The van der Waals surface area contributed by atoms with Gasteiger partial charge in [-0.05, 0) is 137 Å². The van der Waals surface area contributed by atoms with Gasteiger partial charge in [-0.2, -0.15) is 0 Å². The average molecular weight is 1090 g/mol. The second-order valence-corrected chi connectivity index (χ2v) is 29.0. The predicted octanol–water partition coefficient (Wildman–Crippen LogP) is 18.7. The molecule has 0 fully saturated rings. The molecule has 83 heavy (non-hydrogen) atoms. The Hall–Kier alpha value is -7.58. The third kappa shape index (κ3) is 6.03. The Morgan fingerprint density at radius 1 is 0.434 bits per heavy atom. The molecular formula is C75H80N8. The molecule has 8 heteroatoms. The lowest BCUT2D eigenvalue weighted by molar-refractivity contribution is 0.0255. The summed E-state index contributed by atoms with van der Waals surface area (Å²) in [5.74, 6) is 3.64. The zero-order valence-corrected chi connectivity index (χ0v) is 51.8. The summed E-state index contributed by atoms with van der Waals surface area (Å²) >= 11 is 0. The highest BCUT2D eigenvalue weighted by Gasteiger charge is 2.72. The molecule has 8 aromatic rings. The molecule has 0 radical (unpaired) electrons. The van der Waals surface area contributed by atoms with Crippen LogP contribution in [0.2, 0.25) is 0 Å². The second kappa shape index (κ2) is 16.4. The van der Waals surface area contributed by atoms with Crippen molar-refractivity contribution in [2.45, 2.75) is 164 Å². The maximum Gasteiger partial charge on any atom is 0.179 e. The Labute approximate surface area is 492 Å². The monoisotopic (exact) mass is 1090 g/mol. The van der Waals surface area contributed by atoms with Crippen LogP contribution in [0.3, 0.4) is 0 Å². The molecule has 8 bridgehead atoms. The van der Waals surface area contributed by atoms with Crippen LogP contribution < -0.4 is 19.6 Å². The van der Waals surface area contributed by atoms with Crippen molar-refractivity contribution in [3.05, 3.63) is 185 Å². The maximum absolute atomic E-state index is 6.14. The van der Waals surface area contributed by atoms with Crippen molar-refractivity contribution in [2.24, 2.45) is 21.7 Å². The van der Waals surface area contributed by atoms with E-state index >= 15 is 0 Å². The van der Waals surface area contributed by atoms with Crippen molar-refractivity contribution in [1.82, 2.24) is 19.9 Å². The first-order chi connectivity index (χ1) is 39.3. The SMILES string of the molecule is C=C1c2cc3ccc2N2c4nc5c(nc4N(c4ccccc4)C2C1(CC)C1(CC)Cc2cc(ccc2N2c4nc6c(nc4N(c4ccccc4)C21)C(C)(C)C(C)(C)C6(C)C)-c1cccc-3c1-c1cc(C)cc(C)c1)C(C)(C)C(C)(C)C5(C)C. The van der Waals surface area contributed by atoms with Gasteiger partial charge < -0.3 is 19.6 Å². The summed E-state index contributed by atoms with van der Waals surface area (Å²) in [6.07, 6.45) is 1.65. The number of hydrogen-bond acceptors (Lipinski definition) is 8. The standard InChI is InChI=1S/C75H80N8/c1-18-74-42-49-40-46(33-35-55(49)82-64-62(80(66(74)82)50-27-22-20-23-28-50)76-58-60(78-64)70(10,11)72(14,15)68(58,6)7)52-31-26-32-53(57(52)48-38-43(3)37-44(4)39-48)47-34-36-56-54(41-47)45(5)75(74,19-2)67-81(51-29-24-21-25-30-51)63-65(83(56)67)79-61-59(77-63)69(8,9)73(16,17)71(61,12)13/h20-41,66-67H,5,18-19,42H2,1-4,6-17H3. The summed E-state index contributed by atoms with van der Waals surface area (Å²) in [7, 11) is 0. The van der Waals surface area contributed by atoms with E-state index in [-0.39, 0.29) is 44.8 Å². The Morgan fingerprint density at radius 2 is 0.867 bits per heavy atom. The highest BCUT2D eigenvalue weighted by atomic mass is 15.5. The summed E-state index contributed by atoms with van der Waals surface area (Å²) in [6, 6.07) is 50.9. The molecule has 4 aliphatic heterocycles. The molecule has 6 heterocycles. The van der Waals surface area contributed by atoms with Crippen molar-refractivity contribution in [1.29, 1.82) is 0 Å². The first-order valence-electron chi connectivity index (χ1n) is 30.6. The van der Waals surface area contributed by atoms with E-state index in [2.05, 4.69) is 264 Å². The van der Waals surface area contributed by atoms with Crippen LogP contribution in [0.25, 0.3) is 39.0 Å². The lowest BCUT2D eigenvalue weighted by Crippen LogP contribution is -2.70. The molecule has 6 aromatic carbocycles. The molecule has 3 aliphatic carbocycles. The number of hydrogen-bond donors (Lipinski definition) is 0. The van der Waals surface area contributed by atoms with Crippen molar-refractivity contribution in [3.8, 4) is 33.4 Å². The Bertz CT molecular complexity index is 4130. The number of nitrogens with zero attached hydrogens (tertiary/aromatic N) is 8.